The van der Waals surface area contributed by atoms with E-state index in [4.69, 9.17) is 32.7 Å². The molecule has 4 rings (SSSR count). The van der Waals surface area contributed by atoms with Crippen molar-refractivity contribution in [2.45, 2.75) is 31.8 Å². The first kappa shape index (κ1) is 18.1. The highest BCUT2D eigenvalue weighted by Gasteiger charge is 2.21. The maximum absolute atomic E-state index is 6.29. The van der Waals surface area contributed by atoms with E-state index in [9.17, 15) is 0 Å². The maximum Gasteiger partial charge on any atom is 0.187 e. The van der Waals surface area contributed by atoms with Crippen LogP contribution in [0.5, 0.6) is 11.5 Å². The van der Waals surface area contributed by atoms with Gasteiger partial charge < -0.3 is 14.8 Å². The molecule has 1 N–H and O–H groups in total. The average molecular weight is 404 g/mol. The van der Waals surface area contributed by atoms with Crippen molar-refractivity contribution in [2.24, 2.45) is 0 Å². The van der Waals surface area contributed by atoms with Crippen molar-refractivity contribution in [1.29, 1.82) is 0 Å². The van der Waals surface area contributed by atoms with E-state index in [1.165, 1.54) is 12.8 Å². The molecule has 140 valence electrons. The zero-order chi connectivity index (χ0) is 18.8. The van der Waals surface area contributed by atoms with Crippen LogP contribution in [0.2, 0.25) is 10.0 Å². The van der Waals surface area contributed by atoms with E-state index < -0.39 is 0 Å². The summed E-state index contributed by atoms with van der Waals surface area (Å²) in [6.45, 7) is 0. The standard InChI is InChI=1S/C20H19Cl2N3O2/c1-26-17-7-6-13-16(25-19-14(21)10-23-11-15(19)22)8-9-24-18(13)20(17)27-12-4-2-3-5-12/h6-12H,2-5H2,1H3,(H,23,24,25). The Bertz CT molecular complexity index is 955. The molecular weight excluding hydrogens is 385 g/mol. The molecule has 0 saturated heterocycles. The summed E-state index contributed by atoms with van der Waals surface area (Å²) in [5, 5.41) is 5.10. The van der Waals surface area contributed by atoms with Gasteiger partial charge in [-0.25, -0.2) is 0 Å². The lowest BCUT2D eigenvalue weighted by Gasteiger charge is -2.19. The third kappa shape index (κ3) is 3.62. The molecule has 7 heteroatoms. The number of aromatic nitrogens is 2. The topological polar surface area (TPSA) is 56.3 Å². The fraction of sp³-hybridized carbons (Fsp3) is 0.300. The first-order valence-corrected chi connectivity index (χ1v) is 9.61. The highest BCUT2D eigenvalue weighted by Crippen LogP contribution is 2.41. The Hall–Kier alpha value is -2.24. The summed E-state index contributed by atoms with van der Waals surface area (Å²) in [6, 6.07) is 5.73. The molecule has 0 spiro atoms. The molecule has 1 saturated carbocycles. The minimum atomic E-state index is 0.201. The molecule has 2 heterocycles. The summed E-state index contributed by atoms with van der Waals surface area (Å²) in [4.78, 5) is 8.55. The van der Waals surface area contributed by atoms with E-state index in [0.717, 1.165) is 29.4 Å². The summed E-state index contributed by atoms with van der Waals surface area (Å²) in [5.41, 5.74) is 2.18. The summed E-state index contributed by atoms with van der Waals surface area (Å²) in [5.74, 6) is 1.36. The number of halogens is 2. The normalized spacial score (nSPS) is 14.5. The van der Waals surface area contributed by atoms with Crippen LogP contribution in [0.1, 0.15) is 25.7 Å². The summed E-state index contributed by atoms with van der Waals surface area (Å²) >= 11 is 12.5. The van der Waals surface area contributed by atoms with Crippen LogP contribution in [0, 0.1) is 0 Å². The third-order valence-corrected chi connectivity index (χ3v) is 5.32. The van der Waals surface area contributed by atoms with E-state index in [2.05, 4.69) is 15.3 Å². The fourth-order valence-corrected chi connectivity index (χ4v) is 3.86. The predicted octanol–water partition coefficient (Wildman–Crippen LogP) is 6.01. The van der Waals surface area contributed by atoms with Crippen LogP contribution in [0.25, 0.3) is 10.9 Å². The van der Waals surface area contributed by atoms with Gasteiger partial charge in [0.25, 0.3) is 0 Å². The molecule has 0 atom stereocenters. The number of nitrogens with zero attached hydrogens (tertiary/aromatic N) is 2. The lowest BCUT2D eigenvalue weighted by atomic mass is 10.1. The number of nitrogens with one attached hydrogen (secondary N) is 1. The Balaban J connectivity index is 1.79. The van der Waals surface area contributed by atoms with Gasteiger partial charge in [-0.15, -0.1) is 0 Å². The Labute approximate surface area is 167 Å². The van der Waals surface area contributed by atoms with Crippen molar-refractivity contribution in [3.63, 3.8) is 0 Å². The van der Waals surface area contributed by atoms with Gasteiger partial charge in [-0.3, -0.25) is 9.97 Å². The Morgan fingerprint density at radius 3 is 2.52 bits per heavy atom. The molecule has 27 heavy (non-hydrogen) atoms. The largest absolute Gasteiger partial charge is 0.493 e. The minimum Gasteiger partial charge on any atom is -0.493 e. The molecule has 1 fully saturated rings. The highest BCUT2D eigenvalue weighted by atomic mass is 35.5. The number of ether oxygens (including phenoxy) is 2. The van der Waals surface area contributed by atoms with Gasteiger partial charge >= 0.3 is 0 Å². The molecule has 0 amide bonds. The van der Waals surface area contributed by atoms with Crippen LogP contribution in [-0.4, -0.2) is 23.2 Å². The van der Waals surface area contributed by atoms with E-state index in [0.29, 0.717) is 27.2 Å². The number of rotatable bonds is 5. The molecule has 0 aliphatic heterocycles. The van der Waals surface area contributed by atoms with Crippen LogP contribution in [0.15, 0.2) is 36.8 Å². The monoisotopic (exact) mass is 403 g/mol. The number of hydrogen-bond donors (Lipinski definition) is 1. The first-order valence-electron chi connectivity index (χ1n) is 8.85. The second-order valence-corrected chi connectivity index (χ2v) is 7.29. The van der Waals surface area contributed by atoms with Crippen LogP contribution in [-0.2, 0) is 0 Å². The molecule has 3 aromatic rings. The molecule has 0 unspecified atom stereocenters. The minimum absolute atomic E-state index is 0.201. The van der Waals surface area contributed by atoms with Gasteiger partial charge in [-0.05, 0) is 43.9 Å². The SMILES string of the molecule is COc1ccc2c(Nc3c(Cl)cncc3Cl)ccnc2c1OC1CCCC1. The van der Waals surface area contributed by atoms with Crippen molar-refractivity contribution in [2.75, 3.05) is 12.4 Å². The van der Waals surface area contributed by atoms with Crippen LogP contribution < -0.4 is 14.8 Å². The molecular formula is C20H19Cl2N3O2. The number of anilines is 2. The fourth-order valence-electron chi connectivity index (χ4n) is 3.40. The highest BCUT2D eigenvalue weighted by molar-refractivity contribution is 6.39. The second kappa shape index (κ2) is 7.79. The van der Waals surface area contributed by atoms with Gasteiger partial charge in [0.15, 0.2) is 11.5 Å². The average Bonchev–Trinajstić information content (AvgIpc) is 3.18. The zero-order valence-electron chi connectivity index (χ0n) is 14.8. The van der Waals surface area contributed by atoms with E-state index in [-0.39, 0.29) is 6.10 Å². The van der Waals surface area contributed by atoms with Gasteiger partial charge in [0, 0.05) is 29.7 Å². The Morgan fingerprint density at radius 1 is 1.07 bits per heavy atom. The van der Waals surface area contributed by atoms with Gasteiger partial charge in [0.2, 0.25) is 0 Å². The van der Waals surface area contributed by atoms with E-state index in [1.54, 1.807) is 25.7 Å². The van der Waals surface area contributed by atoms with Gasteiger partial charge in [0.05, 0.1) is 28.9 Å². The molecule has 1 aliphatic rings. The predicted molar refractivity (Wildman–Crippen MR) is 109 cm³/mol. The summed E-state index contributed by atoms with van der Waals surface area (Å²) in [7, 11) is 1.64. The number of hydrogen-bond acceptors (Lipinski definition) is 5. The van der Waals surface area contributed by atoms with Crippen molar-refractivity contribution in [3.8, 4) is 11.5 Å². The molecule has 2 aromatic heterocycles. The quantitative estimate of drug-likeness (QED) is 0.564. The van der Waals surface area contributed by atoms with Crippen LogP contribution in [0.4, 0.5) is 11.4 Å². The second-order valence-electron chi connectivity index (χ2n) is 6.48. The number of methoxy groups -OCH3 is 1. The summed E-state index contributed by atoms with van der Waals surface area (Å²) in [6.07, 6.45) is 9.53. The van der Waals surface area contributed by atoms with Crippen molar-refractivity contribution < 1.29 is 9.47 Å². The van der Waals surface area contributed by atoms with E-state index in [1.807, 2.05) is 18.2 Å². The van der Waals surface area contributed by atoms with Crippen molar-refractivity contribution in [3.05, 3.63) is 46.8 Å². The lowest BCUT2D eigenvalue weighted by molar-refractivity contribution is 0.203. The Morgan fingerprint density at radius 2 is 1.81 bits per heavy atom. The van der Waals surface area contributed by atoms with Crippen molar-refractivity contribution >= 4 is 45.5 Å². The number of pyridine rings is 2. The van der Waals surface area contributed by atoms with E-state index >= 15 is 0 Å². The number of fused-ring (bicyclic) bond motifs is 1. The van der Waals surface area contributed by atoms with Gasteiger partial charge in [-0.1, -0.05) is 23.2 Å². The zero-order valence-corrected chi connectivity index (χ0v) is 16.3. The van der Waals surface area contributed by atoms with Crippen LogP contribution in [0.3, 0.4) is 0 Å². The van der Waals surface area contributed by atoms with Gasteiger partial charge in [0.1, 0.15) is 5.52 Å². The van der Waals surface area contributed by atoms with Crippen LogP contribution >= 0.6 is 23.2 Å². The van der Waals surface area contributed by atoms with Crippen molar-refractivity contribution in [1.82, 2.24) is 9.97 Å². The third-order valence-electron chi connectivity index (χ3n) is 4.75. The molecule has 1 aliphatic carbocycles. The van der Waals surface area contributed by atoms with Gasteiger partial charge in [-0.2, -0.15) is 0 Å². The number of benzene rings is 1. The Kier molecular flexibility index (Phi) is 5.23. The molecule has 0 bridgehead atoms. The maximum atomic E-state index is 6.29. The smallest absolute Gasteiger partial charge is 0.187 e. The molecule has 1 aromatic carbocycles. The lowest BCUT2D eigenvalue weighted by Crippen LogP contribution is -2.12. The summed E-state index contributed by atoms with van der Waals surface area (Å²) < 4.78 is 11.8. The molecule has 5 nitrogen and oxygen atoms in total. The molecule has 0 radical (unpaired) electrons. The first-order chi connectivity index (χ1) is 13.2.